The largest absolute Gasteiger partial charge is 0.452 e. The highest BCUT2D eigenvalue weighted by Crippen LogP contribution is 2.11. The van der Waals surface area contributed by atoms with Crippen molar-refractivity contribution in [3.05, 3.63) is 54.4 Å². The average Bonchev–Trinajstić information content (AvgIpc) is 3.07. The van der Waals surface area contributed by atoms with Crippen LogP contribution in [-0.2, 0) is 9.53 Å². The molecule has 1 aromatic carbocycles. The summed E-state index contributed by atoms with van der Waals surface area (Å²) in [5.74, 6) is -0.773. The van der Waals surface area contributed by atoms with E-state index in [-0.39, 0.29) is 18.6 Å². The van der Waals surface area contributed by atoms with Crippen LogP contribution >= 0.6 is 0 Å². The predicted molar refractivity (Wildman–Crippen MR) is 88.6 cm³/mol. The van der Waals surface area contributed by atoms with Crippen LogP contribution in [0.5, 0.6) is 0 Å². The zero-order chi connectivity index (χ0) is 16.7. The van der Waals surface area contributed by atoms with Gasteiger partial charge in [0.05, 0.1) is 5.56 Å². The first-order chi connectivity index (χ1) is 11.1. The first-order valence-electron chi connectivity index (χ1n) is 7.80. The lowest BCUT2D eigenvalue weighted by molar-refractivity contribution is -0.124. The van der Waals surface area contributed by atoms with Crippen molar-refractivity contribution in [1.82, 2.24) is 9.88 Å². The molecule has 0 unspecified atom stereocenters. The molecule has 2 aromatic rings. The van der Waals surface area contributed by atoms with Crippen molar-refractivity contribution in [3.8, 4) is 5.69 Å². The topological polar surface area (TPSA) is 60.3 Å². The van der Waals surface area contributed by atoms with Gasteiger partial charge < -0.3 is 14.6 Å². The molecule has 1 N–H and O–H groups in total. The molecule has 0 aliphatic carbocycles. The molecule has 23 heavy (non-hydrogen) atoms. The van der Waals surface area contributed by atoms with Gasteiger partial charge in [0.1, 0.15) is 0 Å². The lowest BCUT2D eigenvalue weighted by Crippen LogP contribution is -2.35. The number of carbonyl (C=O) groups excluding carboxylic acids is 2. The molecule has 0 aliphatic rings. The Balaban J connectivity index is 1.85. The zero-order valence-corrected chi connectivity index (χ0v) is 13.5. The summed E-state index contributed by atoms with van der Waals surface area (Å²) in [5.41, 5.74) is 1.38. The van der Waals surface area contributed by atoms with E-state index < -0.39 is 5.97 Å². The van der Waals surface area contributed by atoms with Gasteiger partial charge in [-0.15, -0.1) is 0 Å². The van der Waals surface area contributed by atoms with Crippen molar-refractivity contribution >= 4 is 11.9 Å². The standard InChI is InChI=1S/C18H22N2O3/c1-3-6-14(2)19-17(21)13-23-18(22)15-7-9-16(10-8-15)20-11-4-5-12-20/h4-5,7-12,14H,3,6,13H2,1-2H3,(H,19,21)/t14-/m1/s1. The molecule has 0 radical (unpaired) electrons. The van der Waals surface area contributed by atoms with E-state index in [1.54, 1.807) is 12.1 Å². The average molecular weight is 314 g/mol. The Morgan fingerprint density at radius 3 is 2.43 bits per heavy atom. The summed E-state index contributed by atoms with van der Waals surface area (Å²) in [7, 11) is 0. The monoisotopic (exact) mass is 314 g/mol. The van der Waals surface area contributed by atoms with Crippen molar-refractivity contribution in [2.24, 2.45) is 0 Å². The van der Waals surface area contributed by atoms with E-state index in [9.17, 15) is 9.59 Å². The fourth-order valence-electron chi connectivity index (χ4n) is 2.31. The number of carbonyl (C=O) groups is 2. The highest BCUT2D eigenvalue weighted by molar-refractivity contribution is 5.91. The molecule has 0 bridgehead atoms. The summed E-state index contributed by atoms with van der Waals surface area (Å²) in [5, 5.41) is 2.80. The summed E-state index contributed by atoms with van der Waals surface area (Å²) in [6, 6.07) is 11.0. The number of rotatable bonds is 7. The van der Waals surface area contributed by atoms with E-state index >= 15 is 0 Å². The van der Waals surface area contributed by atoms with Crippen molar-refractivity contribution in [1.29, 1.82) is 0 Å². The van der Waals surface area contributed by atoms with E-state index in [4.69, 9.17) is 4.74 Å². The number of hydrogen-bond donors (Lipinski definition) is 1. The van der Waals surface area contributed by atoms with Gasteiger partial charge in [0.2, 0.25) is 0 Å². The smallest absolute Gasteiger partial charge is 0.338 e. The molecule has 1 heterocycles. The number of esters is 1. The van der Waals surface area contributed by atoms with Crippen LogP contribution in [0.2, 0.25) is 0 Å². The molecule has 1 aromatic heterocycles. The summed E-state index contributed by atoms with van der Waals surface area (Å²) < 4.78 is 6.98. The Hall–Kier alpha value is -2.56. The zero-order valence-electron chi connectivity index (χ0n) is 13.5. The maximum Gasteiger partial charge on any atom is 0.338 e. The first-order valence-corrected chi connectivity index (χ1v) is 7.80. The van der Waals surface area contributed by atoms with Crippen LogP contribution in [0.3, 0.4) is 0 Å². The van der Waals surface area contributed by atoms with E-state index in [0.717, 1.165) is 18.5 Å². The SMILES string of the molecule is CCC[C@@H](C)NC(=O)COC(=O)c1ccc(-n2cccc2)cc1. The number of ether oxygens (including phenoxy) is 1. The van der Waals surface area contributed by atoms with Crippen LogP contribution in [0.15, 0.2) is 48.8 Å². The fourth-order valence-corrected chi connectivity index (χ4v) is 2.31. The van der Waals surface area contributed by atoms with Crippen molar-refractivity contribution in [2.75, 3.05) is 6.61 Å². The molecule has 0 aliphatic heterocycles. The maximum atomic E-state index is 11.9. The quantitative estimate of drug-likeness (QED) is 0.799. The predicted octanol–water partition coefficient (Wildman–Crippen LogP) is 2.94. The number of amides is 1. The molecule has 0 saturated carbocycles. The van der Waals surface area contributed by atoms with Crippen LogP contribution in [0.1, 0.15) is 37.0 Å². The maximum absolute atomic E-state index is 11.9. The summed E-state index contributed by atoms with van der Waals surface area (Å²) in [4.78, 5) is 23.6. The van der Waals surface area contributed by atoms with E-state index in [2.05, 4.69) is 12.2 Å². The molecule has 1 amide bonds. The molecule has 5 heteroatoms. The van der Waals surface area contributed by atoms with Gasteiger partial charge in [-0.1, -0.05) is 13.3 Å². The Kier molecular flexibility index (Phi) is 5.97. The van der Waals surface area contributed by atoms with Gasteiger partial charge in [-0.3, -0.25) is 4.79 Å². The van der Waals surface area contributed by atoms with Crippen LogP contribution in [-0.4, -0.2) is 29.1 Å². The Morgan fingerprint density at radius 1 is 1.17 bits per heavy atom. The van der Waals surface area contributed by atoms with E-state index in [1.807, 2.05) is 48.1 Å². The second-order valence-corrected chi connectivity index (χ2v) is 5.47. The lowest BCUT2D eigenvalue weighted by atomic mass is 10.2. The molecule has 5 nitrogen and oxygen atoms in total. The molecule has 0 fully saturated rings. The van der Waals surface area contributed by atoms with Crippen molar-refractivity contribution < 1.29 is 14.3 Å². The third-order valence-corrected chi connectivity index (χ3v) is 3.47. The summed E-state index contributed by atoms with van der Waals surface area (Å²) in [6.07, 6.45) is 5.75. The Labute approximate surface area is 136 Å². The Morgan fingerprint density at radius 2 is 1.83 bits per heavy atom. The highest BCUT2D eigenvalue weighted by Gasteiger charge is 2.12. The van der Waals surface area contributed by atoms with Gasteiger partial charge in [0, 0.05) is 24.1 Å². The molecule has 122 valence electrons. The number of aromatic nitrogens is 1. The number of nitrogens with zero attached hydrogens (tertiary/aromatic N) is 1. The second-order valence-electron chi connectivity index (χ2n) is 5.47. The summed E-state index contributed by atoms with van der Waals surface area (Å²) >= 11 is 0. The number of hydrogen-bond acceptors (Lipinski definition) is 3. The molecular weight excluding hydrogens is 292 g/mol. The minimum atomic E-state index is -0.498. The van der Waals surface area contributed by atoms with Gasteiger partial charge in [-0.05, 0) is 49.7 Å². The Bertz CT molecular complexity index is 633. The van der Waals surface area contributed by atoms with Crippen molar-refractivity contribution in [2.45, 2.75) is 32.7 Å². The molecule has 1 atom stereocenters. The van der Waals surface area contributed by atoms with Gasteiger partial charge in [-0.2, -0.15) is 0 Å². The molecule has 2 rings (SSSR count). The fraction of sp³-hybridized carbons (Fsp3) is 0.333. The van der Waals surface area contributed by atoms with Crippen molar-refractivity contribution in [3.63, 3.8) is 0 Å². The third kappa shape index (κ3) is 4.98. The lowest BCUT2D eigenvalue weighted by Gasteiger charge is -2.12. The first kappa shape index (κ1) is 16.8. The van der Waals surface area contributed by atoms with Crippen LogP contribution in [0.25, 0.3) is 5.69 Å². The highest BCUT2D eigenvalue weighted by atomic mass is 16.5. The molecular formula is C18H22N2O3. The molecule has 0 spiro atoms. The minimum Gasteiger partial charge on any atom is -0.452 e. The van der Waals surface area contributed by atoms with Crippen LogP contribution in [0, 0.1) is 0 Å². The van der Waals surface area contributed by atoms with Crippen LogP contribution in [0.4, 0.5) is 0 Å². The molecule has 0 saturated heterocycles. The van der Waals surface area contributed by atoms with E-state index in [0.29, 0.717) is 5.56 Å². The van der Waals surface area contributed by atoms with Gasteiger partial charge in [-0.25, -0.2) is 4.79 Å². The van der Waals surface area contributed by atoms with Crippen LogP contribution < -0.4 is 5.32 Å². The third-order valence-electron chi connectivity index (χ3n) is 3.47. The van der Waals surface area contributed by atoms with Gasteiger partial charge >= 0.3 is 5.97 Å². The second kappa shape index (κ2) is 8.17. The summed E-state index contributed by atoms with van der Waals surface area (Å²) in [6.45, 7) is 3.73. The van der Waals surface area contributed by atoms with Gasteiger partial charge in [0.15, 0.2) is 6.61 Å². The minimum absolute atomic E-state index is 0.0899. The number of nitrogens with one attached hydrogen (secondary N) is 1. The normalized spacial score (nSPS) is 11.7. The van der Waals surface area contributed by atoms with E-state index in [1.165, 1.54) is 0 Å². The van der Waals surface area contributed by atoms with Gasteiger partial charge in [0.25, 0.3) is 5.91 Å². The number of benzene rings is 1.